The Balaban J connectivity index is 1.63. The lowest BCUT2D eigenvalue weighted by atomic mass is 10.2. The first-order valence-electron chi connectivity index (χ1n) is 6.15. The monoisotopic (exact) mass is 242 g/mol. The highest BCUT2D eigenvalue weighted by atomic mass is 16.5. The van der Waals surface area contributed by atoms with Crippen LogP contribution < -0.4 is 10.1 Å². The lowest BCUT2D eigenvalue weighted by Crippen LogP contribution is -2.20. The molecule has 1 N–H and O–H groups in total. The van der Waals surface area contributed by atoms with Crippen LogP contribution in [0.3, 0.4) is 0 Å². The molecule has 0 saturated carbocycles. The topological polar surface area (TPSA) is 34.1 Å². The molecule has 0 bridgehead atoms. The number of aryl methyl sites for hydroxylation is 1. The number of hydrogen-bond acceptors (Lipinski definition) is 3. The van der Waals surface area contributed by atoms with Gasteiger partial charge in [-0.25, -0.2) is 0 Å². The predicted octanol–water partition coefficient (Wildman–Crippen LogP) is 2.56. The summed E-state index contributed by atoms with van der Waals surface area (Å²) < 4.78 is 5.58. The van der Waals surface area contributed by atoms with Crippen molar-refractivity contribution in [2.24, 2.45) is 0 Å². The molecule has 1 aromatic heterocycles. The minimum absolute atomic E-state index is 0.670. The number of aromatic nitrogens is 1. The minimum Gasteiger partial charge on any atom is -0.492 e. The SMILES string of the molecule is Cc1ccc(CNCCOc2ccccc2)cn1. The summed E-state index contributed by atoms with van der Waals surface area (Å²) in [7, 11) is 0. The Morgan fingerprint density at radius 2 is 1.94 bits per heavy atom. The molecule has 0 atom stereocenters. The summed E-state index contributed by atoms with van der Waals surface area (Å²) in [6.45, 7) is 4.31. The van der Waals surface area contributed by atoms with Gasteiger partial charge in [-0.05, 0) is 30.7 Å². The fraction of sp³-hybridized carbons (Fsp3) is 0.267. The van der Waals surface area contributed by atoms with Gasteiger partial charge in [-0.15, -0.1) is 0 Å². The first-order chi connectivity index (χ1) is 8.84. The Morgan fingerprint density at radius 3 is 2.67 bits per heavy atom. The Labute approximate surface area is 108 Å². The summed E-state index contributed by atoms with van der Waals surface area (Å²) in [5.74, 6) is 0.913. The molecule has 3 heteroatoms. The number of para-hydroxylation sites is 1. The van der Waals surface area contributed by atoms with E-state index in [0.29, 0.717) is 6.61 Å². The van der Waals surface area contributed by atoms with Crippen LogP contribution in [0.15, 0.2) is 48.7 Å². The minimum atomic E-state index is 0.670. The molecule has 0 spiro atoms. The van der Waals surface area contributed by atoms with Gasteiger partial charge < -0.3 is 10.1 Å². The maximum absolute atomic E-state index is 5.58. The third kappa shape index (κ3) is 4.18. The molecule has 0 aliphatic heterocycles. The number of ether oxygens (including phenoxy) is 1. The highest BCUT2D eigenvalue weighted by Gasteiger charge is 1.94. The van der Waals surface area contributed by atoms with Crippen molar-refractivity contribution in [3.05, 3.63) is 59.9 Å². The highest BCUT2D eigenvalue weighted by molar-refractivity contribution is 5.20. The number of nitrogens with one attached hydrogen (secondary N) is 1. The van der Waals surface area contributed by atoms with Crippen LogP contribution in [0, 0.1) is 6.92 Å². The Kier molecular flexibility index (Phi) is 4.73. The van der Waals surface area contributed by atoms with E-state index in [9.17, 15) is 0 Å². The Hall–Kier alpha value is -1.87. The number of nitrogens with zero attached hydrogens (tertiary/aromatic N) is 1. The zero-order chi connectivity index (χ0) is 12.6. The fourth-order valence-corrected chi connectivity index (χ4v) is 1.59. The van der Waals surface area contributed by atoms with Crippen molar-refractivity contribution in [1.82, 2.24) is 10.3 Å². The zero-order valence-corrected chi connectivity index (χ0v) is 10.6. The summed E-state index contributed by atoms with van der Waals surface area (Å²) in [4.78, 5) is 4.25. The van der Waals surface area contributed by atoms with Gasteiger partial charge in [0.05, 0.1) is 0 Å². The maximum atomic E-state index is 5.58. The normalized spacial score (nSPS) is 10.3. The summed E-state index contributed by atoms with van der Waals surface area (Å²) in [5, 5.41) is 3.33. The van der Waals surface area contributed by atoms with Gasteiger partial charge >= 0.3 is 0 Å². The lowest BCUT2D eigenvalue weighted by molar-refractivity contribution is 0.313. The van der Waals surface area contributed by atoms with Crippen LogP contribution in [0.25, 0.3) is 0 Å². The van der Waals surface area contributed by atoms with Crippen molar-refractivity contribution in [3.63, 3.8) is 0 Å². The number of rotatable bonds is 6. The van der Waals surface area contributed by atoms with Crippen LogP contribution in [0.2, 0.25) is 0 Å². The molecule has 0 fully saturated rings. The van der Waals surface area contributed by atoms with Gasteiger partial charge in [0.15, 0.2) is 0 Å². The molecule has 94 valence electrons. The molecule has 3 nitrogen and oxygen atoms in total. The van der Waals surface area contributed by atoms with Crippen LogP contribution in [-0.2, 0) is 6.54 Å². The van der Waals surface area contributed by atoms with Gasteiger partial charge in [-0.1, -0.05) is 24.3 Å². The van der Waals surface area contributed by atoms with Crippen LogP contribution in [0.1, 0.15) is 11.3 Å². The molecule has 1 heterocycles. The maximum Gasteiger partial charge on any atom is 0.119 e. The van der Waals surface area contributed by atoms with E-state index >= 15 is 0 Å². The molecule has 0 aliphatic rings. The third-order valence-corrected chi connectivity index (χ3v) is 2.59. The summed E-state index contributed by atoms with van der Waals surface area (Å²) in [5.41, 5.74) is 2.24. The van der Waals surface area contributed by atoms with Gasteiger partial charge in [0.25, 0.3) is 0 Å². The van der Waals surface area contributed by atoms with Gasteiger partial charge in [0.1, 0.15) is 12.4 Å². The van der Waals surface area contributed by atoms with Crippen molar-refractivity contribution in [3.8, 4) is 5.75 Å². The molecule has 0 unspecified atom stereocenters. The van der Waals surface area contributed by atoms with Crippen LogP contribution in [0.4, 0.5) is 0 Å². The van der Waals surface area contributed by atoms with E-state index < -0.39 is 0 Å². The Morgan fingerprint density at radius 1 is 1.11 bits per heavy atom. The number of hydrogen-bond donors (Lipinski definition) is 1. The second kappa shape index (κ2) is 6.77. The van der Waals surface area contributed by atoms with Crippen molar-refractivity contribution in [2.45, 2.75) is 13.5 Å². The third-order valence-electron chi connectivity index (χ3n) is 2.59. The largest absolute Gasteiger partial charge is 0.492 e. The molecule has 0 aliphatic carbocycles. The predicted molar refractivity (Wildman–Crippen MR) is 72.6 cm³/mol. The van der Waals surface area contributed by atoms with E-state index in [2.05, 4.69) is 16.4 Å². The van der Waals surface area contributed by atoms with Crippen molar-refractivity contribution >= 4 is 0 Å². The van der Waals surface area contributed by atoms with Gasteiger partial charge in [-0.3, -0.25) is 4.98 Å². The van der Waals surface area contributed by atoms with Gasteiger partial charge in [0.2, 0.25) is 0 Å². The zero-order valence-electron chi connectivity index (χ0n) is 10.6. The smallest absolute Gasteiger partial charge is 0.119 e. The van der Waals surface area contributed by atoms with Crippen LogP contribution in [-0.4, -0.2) is 18.1 Å². The average molecular weight is 242 g/mol. The van der Waals surface area contributed by atoms with Gasteiger partial charge in [0, 0.05) is 25.0 Å². The first-order valence-corrected chi connectivity index (χ1v) is 6.15. The molecular weight excluding hydrogens is 224 g/mol. The van der Waals surface area contributed by atoms with E-state index in [1.165, 1.54) is 5.56 Å². The standard InChI is InChI=1S/C15H18N2O/c1-13-7-8-14(12-17-13)11-16-9-10-18-15-5-3-2-4-6-15/h2-8,12,16H,9-11H2,1H3. The quantitative estimate of drug-likeness (QED) is 0.790. The molecule has 2 aromatic rings. The molecule has 0 amide bonds. The van der Waals surface area contributed by atoms with Crippen molar-refractivity contribution < 1.29 is 4.74 Å². The molecule has 18 heavy (non-hydrogen) atoms. The highest BCUT2D eigenvalue weighted by Crippen LogP contribution is 2.07. The van der Waals surface area contributed by atoms with Crippen LogP contribution >= 0.6 is 0 Å². The molecule has 2 rings (SSSR count). The van der Waals surface area contributed by atoms with E-state index in [1.54, 1.807) is 0 Å². The van der Waals surface area contributed by atoms with Crippen molar-refractivity contribution in [2.75, 3.05) is 13.2 Å². The summed E-state index contributed by atoms with van der Waals surface area (Å²) in [6.07, 6.45) is 1.90. The fourth-order valence-electron chi connectivity index (χ4n) is 1.59. The number of pyridine rings is 1. The molecular formula is C15H18N2O. The lowest BCUT2D eigenvalue weighted by Gasteiger charge is -2.07. The van der Waals surface area contributed by atoms with Gasteiger partial charge in [-0.2, -0.15) is 0 Å². The average Bonchev–Trinajstić information content (AvgIpc) is 2.42. The van der Waals surface area contributed by atoms with Crippen molar-refractivity contribution in [1.29, 1.82) is 0 Å². The summed E-state index contributed by atoms with van der Waals surface area (Å²) in [6, 6.07) is 14.0. The second-order valence-corrected chi connectivity index (χ2v) is 4.15. The molecule has 1 aromatic carbocycles. The second-order valence-electron chi connectivity index (χ2n) is 4.15. The van der Waals surface area contributed by atoms with Crippen LogP contribution in [0.5, 0.6) is 5.75 Å². The number of benzene rings is 1. The molecule has 0 radical (unpaired) electrons. The van der Waals surface area contributed by atoms with E-state index in [0.717, 1.165) is 24.5 Å². The van der Waals surface area contributed by atoms with E-state index in [1.807, 2.05) is 49.5 Å². The summed E-state index contributed by atoms with van der Waals surface area (Å²) >= 11 is 0. The van der Waals surface area contributed by atoms with E-state index in [-0.39, 0.29) is 0 Å². The van der Waals surface area contributed by atoms with E-state index in [4.69, 9.17) is 4.74 Å². The molecule has 0 saturated heterocycles. The Bertz CT molecular complexity index is 454. The first kappa shape index (κ1) is 12.6.